The van der Waals surface area contributed by atoms with Crippen molar-refractivity contribution in [1.82, 2.24) is 9.97 Å². The van der Waals surface area contributed by atoms with E-state index >= 15 is 0 Å². The Hall–Kier alpha value is -0.840. The van der Waals surface area contributed by atoms with Crippen LogP contribution in [0.25, 0.3) is 0 Å². The highest BCUT2D eigenvalue weighted by Crippen LogP contribution is 2.24. The number of hydrogen-bond acceptors (Lipinski definition) is 4. The molecule has 0 aliphatic heterocycles. The van der Waals surface area contributed by atoms with Crippen LogP contribution in [0.1, 0.15) is 20.8 Å². The Morgan fingerprint density at radius 1 is 1.38 bits per heavy atom. The van der Waals surface area contributed by atoms with E-state index in [-0.39, 0.29) is 0 Å². The first kappa shape index (κ1) is 13.2. The molecule has 1 aromatic rings. The van der Waals surface area contributed by atoms with Crippen LogP contribution in [-0.4, -0.2) is 30.2 Å². The average molecular weight is 288 g/mol. The van der Waals surface area contributed by atoms with Crippen molar-refractivity contribution in [3.05, 3.63) is 10.7 Å². The molecule has 4 nitrogen and oxygen atoms in total. The van der Waals surface area contributed by atoms with Crippen molar-refractivity contribution in [2.24, 2.45) is 5.92 Å². The maximum atomic E-state index is 5.15. The molecule has 1 atom stereocenters. The van der Waals surface area contributed by atoms with E-state index in [9.17, 15) is 0 Å². The van der Waals surface area contributed by atoms with Gasteiger partial charge in [-0.3, -0.25) is 0 Å². The molecule has 1 rings (SSSR count). The molecular formula is C11H18BrN3O. The van der Waals surface area contributed by atoms with Crippen LogP contribution >= 0.6 is 15.9 Å². The maximum absolute atomic E-state index is 5.15. The quantitative estimate of drug-likeness (QED) is 0.854. The summed E-state index contributed by atoms with van der Waals surface area (Å²) in [5.41, 5.74) is 0. The van der Waals surface area contributed by atoms with Crippen molar-refractivity contribution >= 4 is 21.9 Å². The number of aromatic nitrogens is 2. The van der Waals surface area contributed by atoms with Crippen LogP contribution in [0.2, 0.25) is 0 Å². The maximum Gasteiger partial charge on any atom is 0.232 e. The topological polar surface area (TPSA) is 38.2 Å². The summed E-state index contributed by atoms with van der Waals surface area (Å²) in [6, 6.07) is 0.380. The van der Waals surface area contributed by atoms with Crippen molar-refractivity contribution in [3.63, 3.8) is 0 Å². The fraction of sp³-hybridized carbons (Fsp3) is 0.636. The molecule has 0 saturated carbocycles. The minimum atomic E-state index is 0.380. The van der Waals surface area contributed by atoms with E-state index in [1.54, 1.807) is 13.3 Å². The van der Waals surface area contributed by atoms with Gasteiger partial charge >= 0.3 is 0 Å². The molecule has 0 saturated heterocycles. The zero-order chi connectivity index (χ0) is 12.3. The highest BCUT2D eigenvalue weighted by molar-refractivity contribution is 9.10. The summed E-state index contributed by atoms with van der Waals surface area (Å²) in [6.07, 6.45) is 1.71. The molecule has 0 spiro atoms. The number of hydrogen-bond donors (Lipinski definition) is 0. The van der Waals surface area contributed by atoms with Crippen LogP contribution in [-0.2, 0) is 0 Å². The van der Waals surface area contributed by atoms with Crippen molar-refractivity contribution < 1.29 is 4.74 Å². The van der Waals surface area contributed by atoms with Crippen molar-refractivity contribution in [2.45, 2.75) is 26.8 Å². The van der Waals surface area contributed by atoms with Gasteiger partial charge in [0.1, 0.15) is 0 Å². The van der Waals surface area contributed by atoms with Gasteiger partial charge in [-0.05, 0) is 28.8 Å². The van der Waals surface area contributed by atoms with Gasteiger partial charge in [0.25, 0.3) is 0 Å². The lowest BCUT2D eigenvalue weighted by atomic mass is 10.1. The lowest BCUT2D eigenvalue weighted by Crippen LogP contribution is -2.34. The SMILES string of the molecule is COc1nc(N(C)C(C)C(C)C)ncc1Br. The molecule has 0 aliphatic carbocycles. The zero-order valence-electron chi connectivity index (χ0n) is 10.4. The Labute approximate surface area is 105 Å². The number of halogens is 1. The molecule has 0 N–H and O–H groups in total. The second-order valence-corrected chi connectivity index (χ2v) is 4.98. The number of rotatable bonds is 4. The van der Waals surface area contributed by atoms with Crippen molar-refractivity contribution in [2.75, 3.05) is 19.1 Å². The number of ether oxygens (including phenoxy) is 1. The summed E-state index contributed by atoms with van der Waals surface area (Å²) < 4.78 is 5.92. The molecule has 0 bridgehead atoms. The Kier molecular flexibility index (Phi) is 4.53. The number of anilines is 1. The normalized spacial score (nSPS) is 12.7. The summed E-state index contributed by atoms with van der Waals surface area (Å²) in [5.74, 6) is 1.79. The monoisotopic (exact) mass is 287 g/mol. The minimum Gasteiger partial charge on any atom is -0.480 e. The molecule has 90 valence electrons. The van der Waals surface area contributed by atoms with Gasteiger partial charge in [-0.15, -0.1) is 0 Å². The van der Waals surface area contributed by atoms with Gasteiger partial charge in [0.05, 0.1) is 17.8 Å². The van der Waals surface area contributed by atoms with Gasteiger partial charge in [0.2, 0.25) is 11.8 Å². The molecule has 16 heavy (non-hydrogen) atoms. The van der Waals surface area contributed by atoms with Crippen LogP contribution in [0.5, 0.6) is 5.88 Å². The average Bonchev–Trinajstić information content (AvgIpc) is 2.27. The van der Waals surface area contributed by atoms with Gasteiger partial charge in [-0.2, -0.15) is 4.98 Å². The van der Waals surface area contributed by atoms with Gasteiger partial charge in [0.15, 0.2) is 0 Å². The smallest absolute Gasteiger partial charge is 0.232 e. The van der Waals surface area contributed by atoms with Gasteiger partial charge in [0, 0.05) is 13.1 Å². The van der Waals surface area contributed by atoms with E-state index in [2.05, 4.69) is 51.6 Å². The van der Waals surface area contributed by atoms with E-state index < -0.39 is 0 Å². The fourth-order valence-electron chi connectivity index (χ4n) is 1.29. The second kappa shape index (κ2) is 5.48. The molecule has 0 radical (unpaired) electrons. The number of nitrogens with zero attached hydrogens (tertiary/aromatic N) is 3. The Morgan fingerprint density at radius 3 is 2.50 bits per heavy atom. The summed E-state index contributed by atoms with van der Waals surface area (Å²) in [7, 11) is 3.59. The third kappa shape index (κ3) is 2.84. The number of methoxy groups -OCH3 is 1. The fourth-order valence-corrected chi connectivity index (χ4v) is 1.64. The van der Waals surface area contributed by atoms with Crippen LogP contribution in [0.15, 0.2) is 10.7 Å². The largest absolute Gasteiger partial charge is 0.480 e. The van der Waals surface area contributed by atoms with E-state index in [1.165, 1.54) is 0 Å². The Balaban J connectivity index is 2.96. The molecule has 0 fully saturated rings. The summed E-state index contributed by atoms with van der Waals surface area (Å²) in [4.78, 5) is 10.7. The predicted octanol–water partition coefficient (Wildman–Crippen LogP) is 2.73. The predicted molar refractivity (Wildman–Crippen MR) is 69.0 cm³/mol. The van der Waals surface area contributed by atoms with Gasteiger partial charge < -0.3 is 9.64 Å². The Bertz CT molecular complexity index is 357. The van der Waals surface area contributed by atoms with Gasteiger partial charge in [-0.1, -0.05) is 13.8 Å². The molecule has 1 aromatic heterocycles. The van der Waals surface area contributed by atoms with Crippen molar-refractivity contribution in [3.8, 4) is 5.88 Å². The van der Waals surface area contributed by atoms with E-state index in [1.807, 2.05) is 7.05 Å². The molecule has 0 aliphatic rings. The van der Waals surface area contributed by atoms with Crippen LogP contribution in [0.3, 0.4) is 0 Å². The molecule has 1 heterocycles. The first-order valence-corrected chi connectivity index (χ1v) is 6.06. The Morgan fingerprint density at radius 2 is 2.00 bits per heavy atom. The van der Waals surface area contributed by atoms with Crippen LogP contribution < -0.4 is 9.64 Å². The molecule has 5 heteroatoms. The summed E-state index contributed by atoms with van der Waals surface area (Å²) >= 11 is 3.34. The minimum absolute atomic E-state index is 0.380. The summed E-state index contributed by atoms with van der Waals surface area (Å²) in [5, 5.41) is 0. The standard InChI is InChI=1S/C11H18BrN3O/c1-7(2)8(3)15(4)11-13-6-9(12)10(14-11)16-5/h6-8H,1-5H3. The van der Waals surface area contributed by atoms with Crippen molar-refractivity contribution in [1.29, 1.82) is 0 Å². The third-order valence-corrected chi connectivity index (χ3v) is 3.33. The lowest BCUT2D eigenvalue weighted by Gasteiger charge is -2.28. The zero-order valence-corrected chi connectivity index (χ0v) is 11.9. The lowest BCUT2D eigenvalue weighted by molar-refractivity contribution is 0.392. The van der Waals surface area contributed by atoms with E-state index in [0.717, 1.165) is 4.47 Å². The molecule has 1 unspecified atom stereocenters. The molecule has 0 aromatic carbocycles. The highest BCUT2D eigenvalue weighted by Gasteiger charge is 2.17. The highest BCUT2D eigenvalue weighted by atomic mass is 79.9. The van der Waals surface area contributed by atoms with Gasteiger partial charge in [-0.25, -0.2) is 4.98 Å². The second-order valence-electron chi connectivity index (χ2n) is 4.12. The third-order valence-electron chi connectivity index (χ3n) is 2.78. The van der Waals surface area contributed by atoms with Crippen LogP contribution in [0.4, 0.5) is 5.95 Å². The molecular weight excluding hydrogens is 270 g/mol. The molecule has 0 amide bonds. The van der Waals surface area contributed by atoms with E-state index in [4.69, 9.17) is 4.74 Å². The van der Waals surface area contributed by atoms with Crippen LogP contribution in [0, 0.1) is 5.92 Å². The van der Waals surface area contributed by atoms with E-state index in [0.29, 0.717) is 23.8 Å². The summed E-state index contributed by atoms with van der Waals surface area (Å²) in [6.45, 7) is 6.51. The first-order valence-electron chi connectivity index (χ1n) is 5.26. The first-order chi connectivity index (χ1) is 7.47.